The number of rotatable bonds is 6. The molecule has 0 aliphatic heterocycles. The molecule has 19 heavy (non-hydrogen) atoms. The van der Waals surface area contributed by atoms with Crippen LogP contribution in [-0.4, -0.2) is 27.3 Å². The van der Waals surface area contributed by atoms with E-state index in [4.69, 9.17) is 0 Å². The average Bonchev–Trinajstić information content (AvgIpc) is 2.28. The van der Waals surface area contributed by atoms with Gasteiger partial charge in [0.15, 0.2) is 0 Å². The van der Waals surface area contributed by atoms with E-state index < -0.39 is 18.5 Å². The smallest absolute Gasteiger partial charge is 0.319 e. The van der Waals surface area contributed by atoms with Gasteiger partial charge in [-0.1, -0.05) is 46.0 Å². The van der Waals surface area contributed by atoms with Crippen molar-refractivity contribution in [3.63, 3.8) is 0 Å². The van der Waals surface area contributed by atoms with Crippen molar-refractivity contribution in [2.24, 2.45) is 11.8 Å². The van der Waals surface area contributed by atoms with Crippen molar-refractivity contribution in [2.75, 3.05) is 6.16 Å². The zero-order valence-electron chi connectivity index (χ0n) is 12.3. The van der Waals surface area contributed by atoms with Crippen molar-refractivity contribution < 1.29 is 19.4 Å². The maximum atomic E-state index is 12.5. The lowest BCUT2D eigenvalue weighted by Gasteiger charge is -2.35. The van der Waals surface area contributed by atoms with Crippen LogP contribution in [0, 0.1) is 11.8 Å². The Morgan fingerprint density at radius 2 is 1.84 bits per heavy atom. The molecule has 0 radical (unpaired) electrons. The fraction of sp³-hybridized carbons (Fsp3) is 0.929. The van der Waals surface area contributed by atoms with Gasteiger partial charge >= 0.3 is 5.97 Å². The number of aliphatic carboxylic acids is 1. The first-order valence-corrected chi connectivity index (χ1v) is 9.09. The van der Waals surface area contributed by atoms with Crippen LogP contribution in [0.15, 0.2) is 0 Å². The van der Waals surface area contributed by atoms with E-state index in [0.717, 1.165) is 25.7 Å². The van der Waals surface area contributed by atoms with Gasteiger partial charge in [0, 0.05) is 6.16 Å². The maximum absolute atomic E-state index is 12.5. The Hall–Kier alpha value is -0.340. The van der Waals surface area contributed by atoms with Crippen molar-refractivity contribution in [1.29, 1.82) is 0 Å². The summed E-state index contributed by atoms with van der Waals surface area (Å²) < 4.78 is 12.5. The van der Waals surface area contributed by atoms with E-state index in [1.165, 1.54) is 13.3 Å². The highest BCUT2D eigenvalue weighted by atomic mass is 31.2. The second-order valence-corrected chi connectivity index (χ2v) is 9.32. The van der Waals surface area contributed by atoms with Crippen molar-refractivity contribution in [2.45, 2.75) is 64.5 Å². The maximum Gasteiger partial charge on any atom is 0.319 e. The van der Waals surface area contributed by atoms with Crippen LogP contribution in [0.3, 0.4) is 0 Å². The van der Waals surface area contributed by atoms with E-state index in [1.54, 1.807) is 0 Å². The minimum absolute atomic E-state index is 0.0286. The molecule has 5 heteroatoms. The van der Waals surface area contributed by atoms with Gasteiger partial charge < -0.3 is 10.00 Å². The zero-order valence-corrected chi connectivity index (χ0v) is 13.2. The van der Waals surface area contributed by atoms with Crippen LogP contribution in [0.5, 0.6) is 0 Å². The van der Waals surface area contributed by atoms with Crippen LogP contribution in [-0.2, 0) is 9.36 Å². The highest BCUT2D eigenvalue weighted by Gasteiger charge is 2.50. The summed E-state index contributed by atoms with van der Waals surface area (Å²) in [6.07, 6.45) is 5.82. The van der Waals surface area contributed by atoms with Gasteiger partial charge in [-0.2, -0.15) is 0 Å². The molecule has 0 aromatic carbocycles. The first-order valence-electron chi connectivity index (χ1n) is 7.24. The van der Waals surface area contributed by atoms with E-state index in [2.05, 4.69) is 0 Å². The Balaban J connectivity index is 2.89. The number of hydrogen-bond donors (Lipinski definition) is 2. The first kappa shape index (κ1) is 16.7. The molecule has 2 N–H and O–H groups in total. The molecule has 1 rings (SSSR count). The molecule has 1 aliphatic rings. The number of carboxylic acids is 1. The summed E-state index contributed by atoms with van der Waals surface area (Å²) in [5.41, 5.74) is 0. The average molecular weight is 290 g/mol. The lowest BCUT2D eigenvalue weighted by Crippen LogP contribution is -2.39. The van der Waals surface area contributed by atoms with Crippen LogP contribution in [0.4, 0.5) is 0 Å². The molecule has 0 aromatic heterocycles. The molecule has 0 aromatic rings. The van der Waals surface area contributed by atoms with Crippen molar-refractivity contribution in [1.82, 2.24) is 0 Å². The van der Waals surface area contributed by atoms with E-state index in [-0.39, 0.29) is 18.0 Å². The van der Waals surface area contributed by atoms with Gasteiger partial charge in [-0.15, -0.1) is 0 Å². The van der Waals surface area contributed by atoms with Gasteiger partial charge in [-0.05, 0) is 25.2 Å². The first-order chi connectivity index (χ1) is 8.69. The van der Waals surface area contributed by atoms with Gasteiger partial charge in [-0.3, -0.25) is 9.36 Å². The van der Waals surface area contributed by atoms with Crippen LogP contribution in [0.2, 0.25) is 0 Å². The molecule has 4 nitrogen and oxygen atoms in total. The second kappa shape index (κ2) is 6.41. The summed E-state index contributed by atoms with van der Waals surface area (Å²) in [5, 5.41) is 7.99. The summed E-state index contributed by atoms with van der Waals surface area (Å²) in [4.78, 5) is 21.9. The summed E-state index contributed by atoms with van der Waals surface area (Å²) in [6.45, 7) is 5.17. The highest BCUT2D eigenvalue weighted by molar-refractivity contribution is 7.60. The third-order valence-corrected chi connectivity index (χ3v) is 7.40. The standard InChI is InChI=1S/C14H27O4P/c1-11(2)10-19(17,18)14(3,13(15)16)9-12-7-5-4-6-8-12/h11-12H,4-10H2,1-3H3,(H,15,16)(H,17,18). The number of carbonyl (C=O) groups is 1. The predicted molar refractivity (Wildman–Crippen MR) is 76.8 cm³/mol. The fourth-order valence-corrected chi connectivity index (χ4v) is 5.26. The van der Waals surface area contributed by atoms with Crippen LogP contribution >= 0.6 is 7.37 Å². The Labute approximate surface area is 116 Å². The summed E-state index contributed by atoms with van der Waals surface area (Å²) in [6, 6.07) is 0. The zero-order chi connectivity index (χ0) is 14.7. The molecule has 0 bridgehead atoms. The Morgan fingerprint density at radius 3 is 2.26 bits per heavy atom. The third-order valence-electron chi connectivity index (χ3n) is 4.26. The number of hydrogen-bond acceptors (Lipinski definition) is 2. The lowest BCUT2D eigenvalue weighted by molar-refractivity contribution is -0.140. The van der Waals surface area contributed by atoms with E-state index in [0.29, 0.717) is 6.42 Å². The minimum atomic E-state index is -3.69. The van der Waals surface area contributed by atoms with Crippen molar-refractivity contribution in [3.05, 3.63) is 0 Å². The Morgan fingerprint density at radius 1 is 1.32 bits per heavy atom. The Bertz CT molecular complexity index is 360. The predicted octanol–water partition coefficient (Wildman–Crippen LogP) is 3.73. The van der Waals surface area contributed by atoms with Crippen LogP contribution < -0.4 is 0 Å². The van der Waals surface area contributed by atoms with Crippen molar-refractivity contribution >= 4 is 13.3 Å². The molecule has 1 aliphatic carbocycles. The summed E-state index contributed by atoms with van der Waals surface area (Å²) in [5.74, 6) is -0.812. The SMILES string of the molecule is CC(C)CP(=O)(O)C(C)(CC1CCCCC1)C(=O)O. The second-order valence-electron chi connectivity index (χ2n) is 6.57. The largest absolute Gasteiger partial charge is 0.480 e. The quantitative estimate of drug-likeness (QED) is 0.731. The van der Waals surface area contributed by atoms with E-state index in [9.17, 15) is 19.4 Å². The molecule has 0 spiro atoms. The van der Waals surface area contributed by atoms with Crippen molar-refractivity contribution in [3.8, 4) is 0 Å². The van der Waals surface area contributed by atoms with Gasteiger partial charge in [-0.25, -0.2) is 0 Å². The Kier molecular flexibility index (Phi) is 5.64. The molecule has 112 valence electrons. The molecule has 0 amide bonds. The molecule has 1 saturated carbocycles. The van der Waals surface area contributed by atoms with Gasteiger partial charge in [0.25, 0.3) is 0 Å². The molecule has 2 atom stereocenters. The molecular weight excluding hydrogens is 263 g/mol. The van der Waals surface area contributed by atoms with Crippen LogP contribution in [0.1, 0.15) is 59.3 Å². The lowest BCUT2D eigenvalue weighted by atomic mass is 9.83. The summed E-state index contributed by atoms with van der Waals surface area (Å²) in [7, 11) is -3.69. The molecule has 1 fully saturated rings. The molecule has 0 heterocycles. The molecular formula is C14H27O4P. The highest BCUT2D eigenvalue weighted by Crippen LogP contribution is 2.59. The minimum Gasteiger partial charge on any atom is -0.480 e. The van der Waals surface area contributed by atoms with Gasteiger partial charge in [0.1, 0.15) is 5.16 Å². The molecule has 0 saturated heterocycles. The normalized spacial score (nSPS) is 23.8. The summed E-state index contributed by atoms with van der Waals surface area (Å²) >= 11 is 0. The van der Waals surface area contributed by atoms with Gasteiger partial charge in [0.05, 0.1) is 0 Å². The fourth-order valence-electron chi connectivity index (χ4n) is 3.03. The van der Waals surface area contributed by atoms with E-state index >= 15 is 0 Å². The van der Waals surface area contributed by atoms with E-state index in [1.807, 2.05) is 13.8 Å². The van der Waals surface area contributed by atoms with Gasteiger partial charge in [0.2, 0.25) is 7.37 Å². The monoisotopic (exact) mass is 290 g/mol. The van der Waals surface area contributed by atoms with Crippen LogP contribution in [0.25, 0.3) is 0 Å². The molecule has 2 unspecified atom stereocenters. The topological polar surface area (TPSA) is 74.6 Å². The third kappa shape index (κ3) is 4.06. The number of carboxylic acid groups (broad SMARTS) is 1.